The summed E-state index contributed by atoms with van der Waals surface area (Å²) in [6.07, 6.45) is -15.9. The average molecular weight is 914 g/mol. The van der Waals surface area contributed by atoms with Crippen LogP contribution in [0.3, 0.4) is 0 Å². The number of aliphatic hydroxyl groups is 2. The van der Waals surface area contributed by atoms with Gasteiger partial charge in [0.2, 0.25) is 0 Å². The molecular weight excluding hydrogens is 878 g/mol. The van der Waals surface area contributed by atoms with Gasteiger partial charge in [-0.25, -0.2) is 9.59 Å². The molecular formula is C46H35F8NO10. The van der Waals surface area contributed by atoms with Crippen molar-refractivity contribution < 1.29 is 83.5 Å². The second-order valence-electron chi connectivity index (χ2n) is 14.0. The van der Waals surface area contributed by atoms with E-state index in [4.69, 9.17) is 15.2 Å². The van der Waals surface area contributed by atoms with Crippen molar-refractivity contribution in [3.8, 4) is 23.0 Å². The number of benzene rings is 5. The highest BCUT2D eigenvalue weighted by atomic mass is 19.3. The molecule has 19 heteroatoms. The maximum absolute atomic E-state index is 13.6. The summed E-state index contributed by atoms with van der Waals surface area (Å²) in [5.74, 6) is -4.95. The van der Waals surface area contributed by atoms with Gasteiger partial charge in [-0.1, -0.05) is 48.6 Å². The lowest BCUT2D eigenvalue weighted by Gasteiger charge is -2.27. The SMILES string of the molecule is Nc1ccc(CC(O)(CC(O)C(=O)/C=C/c2ccc(C(=O)Oc3ccc(OC(F)(F)C(F)F)cc3)cc2)C(=O)/C=C/c2ccc(C(=O)Oc3ccc(OC(F)(F)C(F)F)cc3)cc2)cc1. The molecule has 0 heterocycles. The van der Waals surface area contributed by atoms with Crippen molar-refractivity contribution in [1.82, 2.24) is 0 Å². The zero-order valence-electron chi connectivity index (χ0n) is 33.3. The summed E-state index contributed by atoms with van der Waals surface area (Å²) >= 11 is 0. The van der Waals surface area contributed by atoms with Crippen molar-refractivity contribution in [2.75, 3.05) is 5.73 Å². The molecule has 0 aromatic heterocycles. The number of rotatable bonds is 20. The summed E-state index contributed by atoms with van der Waals surface area (Å²) in [4.78, 5) is 51.9. The van der Waals surface area contributed by atoms with E-state index in [1.807, 2.05) is 0 Å². The van der Waals surface area contributed by atoms with Crippen molar-refractivity contribution in [3.63, 3.8) is 0 Å². The topological polar surface area (TPSA) is 172 Å². The number of esters is 2. The van der Waals surface area contributed by atoms with Gasteiger partial charge in [0.15, 0.2) is 11.6 Å². The van der Waals surface area contributed by atoms with Crippen molar-refractivity contribution in [1.29, 1.82) is 0 Å². The normalized spacial score (nSPS) is 13.4. The van der Waals surface area contributed by atoms with E-state index in [-0.39, 0.29) is 29.0 Å². The van der Waals surface area contributed by atoms with Crippen molar-refractivity contribution >= 4 is 41.3 Å². The van der Waals surface area contributed by atoms with Gasteiger partial charge in [-0.2, -0.15) is 35.1 Å². The van der Waals surface area contributed by atoms with Gasteiger partial charge in [0.25, 0.3) is 0 Å². The molecule has 0 spiro atoms. The maximum atomic E-state index is 13.6. The maximum Gasteiger partial charge on any atom is 0.461 e. The van der Waals surface area contributed by atoms with Gasteiger partial charge >= 0.3 is 37.0 Å². The first kappa shape index (κ1) is 48.6. The Kier molecular flexibility index (Phi) is 15.6. The molecule has 0 aliphatic rings. The monoisotopic (exact) mass is 913 g/mol. The van der Waals surface area contributed by atoms with Crippen molar-refractivity contribution in [3.05, 3.63) is 161 Å². The van der Waals surface area contributed by atoms with Gasteiger partial charge < -0.3 is 34.9 Å². The predicted octanol–water partition coefficient (Wildman–Crippen LogP) is 8.77. The number of halogens is 8. The molecule has 4 N–H and O–H groups in total. The molecule has 5 aromatic carbocycles. The fourth-order valence-corrected chi connectivity index (χ4v) is 5.62. The van der Waals surface area contributed by atoms with E-state index in [0.717, 1.165) is 60.7 Å². The van der Waals surface area contributed by atoms with Crippen LogP contribution in [0.25, 0.3) is 12.2 Å². The predicted molar refractivity (Wildman–Crippen MR) is 217 cm³/mol. The summed E-state index contributed by atoms with van der Waals surface area (Å²) < 4.78 is 120. The van der Waals surface area contributed by atoms with Crippen molar-refractivity contribution in [2.24, 2.45) is 0 Å². The van der Waals surface area contributed by atoms with E-state index < -0.39 is 78.2 Å². The Morgan fingerprint density at radius 3 is 1.35 bits per heavy atom. The zero-order chi connectivity index (χ0) is 47.5. The van der Waals surface area contributed by atoms with Crippen LogP contribution in [0.5, 0.6) is 23.0 Å². The van der Waals surface area contributed by atoms with Crippen LogP contribution in [-0.4, -0.2) is 70.5 Å². The molecule has 0 saturated carbocycles. The molecule has 0 bridgehead atoms. The van der Waals surface area contributed by atoms with E-state index >= 15 is 0 Å². The number of anilines is 1. The largest absolute Gasteiger partial charge is 0.461 e. The van der Waals surface area contributed by atoms with Gasteiger partial charge in [-0.3, -0.25) is 9.59 Å². The molecule has 0 saturated heterocycles. The minimum Gasteiger partial charge on any atom is -0.428 e. The van der Waals surface area contributed by atoms with Gasteiger partial charge in [0.1, 0.15) is 34.7 Å². The number of carbonyl (C=O) groups excluding carboxylic acids is 4. The fourth-order valence-electron chi connectivity index (χ4n) is 5.62. The van der Waals surface area contributed by atoms with Crippen LogP contribution in [0.1, 0.15) is 43.8 Å². The quantitative estimate of drug-likeness (QED) is 0.0224. The lowest BCUT2D eigenvalue weighted by molar-refractivity contribution is -0.253. The Morgan fingerprint density at radius 2 is 0.954 bits per heavy atom. The highest BCUT2D eigenvalue weighted by Crippen LogP contribution is 2.31. The number of alkyl halides is 8. The second-order valence-corrected chi connectivity index (χ2v) is 14.0. The summed E-state index contributed by atoms with van der Waals surface area (Å²) in [5, 5.41) is 22.6. The number of ether oxygens (including phenoxy) is 4. The first-order valence-corrected chi connectivity index (χ1v) is 18.9. The number of hydrogen-bond acceptors (Lipinski definition) is 11. The number of aliphatic hydroxyl groups excluding tert-OH is 1. The highest BCUT2D eigenvalue weighted by molar-refractivity contribution is 6.02. The number of nitrogens with two attached hydrogens (primary N) is 1. The Hall–Kier alpha value is -7.38. The molecule has 65 heavy (non-hydrogen) atoms. The summed E-state index contributed by atoms with van der Waals surface area (Å²) in [7, 11) is 0. The smallest absolute Gasteiger partial charge is 0.428 e. The Bertz CT molecular complexity index is 2500. The minimum atomic E-state index is -4.73. The number of nitrogen functional groups attached to an aromatic ring is 1. The molecule has 0 aliphatic heterocycles. The van der Waals surface area contributed by atoms with E-state index in [1.54, 1.807) is 12.1 Å². The molecule has 2 unspecified atom stereocenters. The van der Waals surface area contributed by atoms with Gasteiger partial charge in [-0.05, 0) is 114 Å². The van der Waals surface area contributed by atoms with Gasteiger partial charge in [0.05, 0.1) is 11.1 Å². The van der Waals surface area contributed by atoms with E-state index in [2.05, 4.69) is 9.47 Å². The van der Waals surface area contributed by atoms with Crippen LogP contribution in [0.2, 0.25) is 0 Å². The first-order valence-electron chi connectivity index (χ1n) is 18.9. The molecule has 0 amide bonds. The van der Waals surface area contributed by atoms with Crippen LogP contribution < -0.4 is 24.7 Å². The standard InChI is InChI=1S/C46H35F8NO10/c47-42(48)45(51,52)64-35-19-15-33(16-20-35)62-40(59)30-9-1-27(2-10-30)7-23-37(56)38(57)26-44(61,25-29-5-13-32(55)14-6-29)39(58)24-8-28-3-11-31(12-4-28)41(60)63-34-17-21-36(22-18-34)65-46(53,54)43(49)50/h1-24,38,42-43,57,61H,25-26,55H2/b23-7+,24-8+. The molecule has 0 fully saturated rings. The Labute approximate surface area is 363 Å². The van der Waals surface area contributed by atoms with Crippen LogP contribution in [0.4, 0.5) is 40.8 Å². The summed E-state index contributed by atoms with van der Waals surface area (Å²) in [5.41, 5.74) is 5.07. The van der Waals surface area contributed by atoms with Crippen LogP contribution >= 0.6 is 0 Å². The molecule has 0 aliphatic carbocycles. The number of carbonyl (C=O) groups is 4. The van der Waals surface area contributed by atoms with E-state index in [9.17, 15) is 64.5 Å². The molecule has 0 radical (unpaired) electrons. The van der Waals surface area contributed by atoms with Crippen LogP contribution in [0.15, 0.2) is 133 Å². The zero-order valence-corrected chi connectivity index (χ0v) is 33.3. The minimum absolute atomic E-state index is 0.0218. The fraction of sp³-hybridized carbons (Fsp3) is 0.174. The lowest BCUT2D eigenvalue weighted by Crippen LogP contribution is -2.44. The third-order valence-electron chi connectivity index (χ3n) is 9.04. The molecule has 5 rings (SSSR count). The molecule has 2 atom stereocenters. The van der Waals surface area contributed by atoms with E-state index in [0.29, 0.717) is 22.4 Å². The van der Waals surface area contributed by atoms with Crippen molar-refractivity contribution in [2.45, 2.75) is 49.6 Å². The summed E-state index contributed by atoms with van der Waals surface area (Å²) in [6.45, 7) is 0. The number of ketones is 2. The average Bonchev–Trinajstić information content (AvgIpc) is 3.26. The van der Waals surface area contributed by atoms with Gasteiger partial charge in [-0.15, -0.1) is 0 Å². The number of hydrogen-bond donors (Lipinski definition) is 3. The second kappa shape index (κ2) is 20.9. The third kappa shape index (κ3) is 13.8. The van der Waals surface area contributed by atoms with Gasteiger partial charge in [0, 0.05) is 18.5 Å². The summed E-state index contributed by atoms with van der Waals surface area (Å²) in [6, 6.07) is 25.0. The lowest BCUT2D eigenvalue weighted by atomic mass is 9.83. The first-order chi connectivity index (χ1) is 30.6. The van der Waals surface area contributed by atoms with E-state index in [1.165, 1.54) is 72.8 Å². The molecule has 340 valence electrons. The Balaban J connectivity index is 1.19. The third-order valence-corrected chi connectivity index (χ3v) is 9.04. The van der Waals surface area contributed by atoms with Crippen LogP contribution in [-0.2, 0) is 16.0 Å². The Morgan fingerprint density at radius 1 is 0.569 bits per heavy atom. The highest BCUT2D eigenvalue weighted by Gasteiger charge is 2.45. The molecule has 5 aromatic rings. The molecule has 11 nitrogen and oxygen atoms in total. The van der Waals surface area contributed by atoms with Crippen LogP contribution in [0, 0.1) is 0 Å².